The molecule has 0 bridgehead atoms. The van der Waals surface area contributed by atoms with Crippen molar-refractivity contribution in [3.63, 3.8) is 0 Å². The SMILES string of the molecule is O=C(C1CCc2ccc(S(=O)(=O)N3CCC(CNc4cc(-c5ccccc5Cl)nc5c(Br)cnn45)CC3)cc2C1)C(F)(F)F. The lowest BCUT2D eigenvalue weighted by Crippen LogP contribution is -2.40. The number of hydrogen-bond acceptors (Lipinski definition) is 6. The molecule has 0 spiro atoms. The third-order valence-corrected chi connectivity index (χ3v) is 11.2. The van der Waals surface area contributed by atoms with Crippen molar-refractivity contribution in [2.75, 3.05) is 25.0 Å². The molecule has 3 heterocycles. The molecule has 1 N–H and O–H groups in total. The molecule has 1 unspecified atom stereocenters. The van der Waals surface area contributed by atoms with Crippen molar-refractivity contribution >= 4 is 54.8 Å². The van der Waals surface area contributed by atoms with E-state index in [1.807, 2.05) is 24.3 Å². The van der Waals surface area contributed by atoms with E-state index in [-0.39, 0.29) is 23.7 Å². The van der Waals surface area contributed by atoms with Crippen molar-refractivity contribution < 1.29 is 26.4 Å². The molecule has 2 aromatic carbocycles. The van der Waals surface area contributed by atoms with Crippen molar-refractivity contribution in [3.05, 3.63) is 75.4 Å². The van der Waals surface area contributed by atoms with Crippen LogP contribution in [-0.2, 0) is 27.7 Å². The third-order valence-electron chi connectivity index (χ3n) is 8.42. The molecule has 232 valence electrons. The van der Waals surface area contributed by atoms with E-state index in [4.69, 9.17) is 16.6 Å². The van der Waals surface area contributed by atoms with E-state index in [1.54, 1.807) is 22.8 Å². The summed E-state index contributed by atoms with van der Waals surface area (Å²) in [6.07, 6.45) is -1.70. The second-order valence-electron chi connectivity index (χ2n) is 11.2. The lowest BCUT2D eigenvalue weighted by atomic mass is 9.81. The third kappa shape index (κ3) is 6.11. The maximum Gasteiger partial charge on any atom is 0.450 e. The Morgan fingerprint density at radius 3 is 2.55 bits per heavy atom. The minimum Gasteiger partial charge on any atom is -0.370 e. The number of aromatic nitrogens is 3. The topological polar surface area (TPSA) is 96.7 Å². The molecule has 4 aromatic rings. The van der Waals surface area contributed by atoms with Crippen LogP contribution in [0.4, 0.5) is 19.0 Å². The van der Waals surface area contributed by atoms with E-state index in [0.717, 1.165) is 21.4 Å². The van der Waals surface area contributed by atoms with E-state index in [2.05, 4.69) is 26.3 Å². The predicted octanol–water partition coefficient (Wildman–Crippen LogP) is 6.56. The van der Waals surface area contributed by atoms with Crippen LogP contribution in [0, 0.1) is 11.8 Å². The second kappa shape index (κ2) is 12.1. The molecule has 1 aliphatic carbocycles. The van der Waals surface area contributed by atoms with Crippen LogP contribution in [0.25, 0.3) is 16.9 Å². The van der Waals surface area contributed by atoms with E-state index >= 15 is 0 Å². The Hall–Kier alpha value is -3.00. The molecule has 1 saturated heterocycles. The quantitative estimate of drug-likeness (QED) is 0.234. The number of ketones is 1. The van der Waals surface area contributed by atoms with Gasteiger partial charge in [0.2, 0.25) is 15.8 Å². The molecule has 6 rings (SSSR count). The fourth-order valence-electron chi connectivity index (χ4n) is 5.97. The van der Waals surface area contributed by atoms with Gasteiger partial charge in [-0.1, -0.05) is 35.9 Å². The Morgan fingerprint density at radius 1 is 1.07 bits per heavy atom. The fourth-order valence-corrected chi connectivity index (χ4v) is 8.07. The number of aryl methyl sites for hydroxylation is 1. The van der Waals surface area contributed by atoms with Crippen LogP contribution in [0.5, 0.6) is 0 Å². The number of nitrogens with one attached hydrogen (secondary N) is 1. The molecule has 1 fully saturated rings. The molecule has 1 aliphatic heterocycles. The zero-order valence-corrected chi connectivity index (χ0v) is 26.5. The van der Waals surface area contributed by atoms with Gasteiger partial charge in [-0.3, -0.25) is 4.79 Å². The Balaban J connectivity index is 1.12. The molecule has 0 saturated carbocycles. The number of sulfonamides is 1. The zero-order chi connectivity index (χ0) is 31.2. The number of benzene rings is 2. The number of halogens is 5. The molecule has 0 amide bonds. The lowest BCUT2D eigenvalue weighted by Gasteiger charge is -2.32. The summed E-state index contributed by atoms with van der Waals surface area (Å²) in [7, 11) is -3.85. The Morgan fingerprint density at radius 2 is 1.82 bits per heavy atom. The number of carbonyl (C=O) groups excluding carboxylic acids is 1. The number of Topliss-reactive ketones (excluding diaryl/α,β-unsaturated/α-hetero) is 1. The standard InChI is InChI=1S/C30H28BrClF3N5O3S/c31-24-17-37-40-27(15-26(38-29(24)40)23-3-1-2-4-25(23)32)36-16-18-9-11-39(12-10-18)44(42,43)22-8-7-19-5-6-20(13-21(19)14-22)28(41)30(33,34)35/h1-4,7-8,14-15,17-18,20,36H,5-6,9-13,16H2. The molecular formula is C30H28BrClF3N5O3S. The van der Waals surface area contributed by atoms with Gasteiger partial charge in [-0.2, -0.15) is 27.1 Å². The predicted molar refractivity (Wildman–Crippen MR) is 164 cm³/mol. The van der Waals surface area contributed by atoms with Crippen LogP contribution >= 0.6 is 27.5 Å². The molecule has 1 atom stereocenters. The summed E-state index contributed by atoms with van der Waals surface area (Å²) < 4.78 is 69.9. The largest absolute Gasteiger partial charge is 0.450 e. The first-order chi connectivity index (χ1) is 20.9. The number of nitrogens with zero attached hydrogens (tertiary/aromatic N) is 4. The van der Waals surface area contributed by atoms with Gasteiger partial charge in [0.05, 0.1) is 21.3 Å². The number of alkyl halides is 3. The molecular weight excluding hydrogens is 683 g/mol. The number of hydrogen-bond donors (Lipinski definition) is 1. The van der Waals surface area contributed by atoms with E-state index in [0.29, 0.717) is 60.8 Å². The fraction of sp³-hybridized carbons (Fsp3) is 0.367. The molecule has 14 heteroatoms. The second-order valence-corrected chi connectivity index (χ2v) is 14.4. The smallest absolute Gasteiger partial charge is 0.370 e. The van der Waals surface area contributed by atoms with Crippen LogP contribution in [0.3, 0.4) is 0 Å². The highest BCUT2D eigenvalue weighted by molar-refractivity contribution is 9.10. The summed E-state index contributed by atoms with van der Waals surface area (Å²) in [6.45, 7) is 1.20. The van der Waals surface area contributed by atoms with Gasteiger partial charge in [0.1, 0.15) is 5.82 Å². The first kappa shape index (κ1) is 31.0. The van der Waals surface area contributed by atoms with Gasteiger partial charge in [-0.25, -0.2) is 13.4 Å². The van der Waals surface area contributed by atoms with Gasteiger partial charge in [0.25, 0.3) is 0 Å². The van der Waals surface area contributed by atoms with E-state index in [9.17, 15) is 26.4 Å². The average molecular weight is 711 g/mol. The molecule has 8 nitrogen and oxygen atoms in total. The minimum absolute atomic E-state index is 0.0449. The van der Waals surface area contributed by atoms with Gasteiger partial charge in [0.15, 0.2) is 5.65 Å². The highest BCUT2D eigenvalue weighted by atomic mass is 79.9. The van der Waals surface area contributed by atoms with Crippen molar-refractivity contribution in [1.29, 1.82) is 0 Å². The zero-order valence-electron chi connectivity index (χ0n) is 23.3. The van der Waals surface area contributed by atoms with Gasteiger partial charge in [-0.15, -0.1) is 0 Å². The Kier molecular flexibility index (Phi) is 8.50. The number of fused-ring (bicyclic) bond motifs is 2. The number of rotatable bonds is 7. The first-order valence-electron chi connectivity index (χ1n) is 14.2. The van der Waals surface area contributed by atoms with Crippen LogP contribution in [0.15, 0.2) is 64.1 Å². The summed E-state index contributed by atoms with van der Waals surface area (Å²) >= 11 is 9.94. The number of piperidine rings is 1. The van der Waals surface area contributed by atoms with Crippen LogP contribution in [-0.4, -0.2) is 58.9 Å². The summed E-state index contributed by atoms with van der Waals surface area (Å²) in [5.74, 6) is -2.03. The van der Waals surface area contributed by atoms with E-state index < -0.39 is 27.9 Å². The van der Waals surface area contributed by atoms with Crippen LogP contribution in [0.2, 0.25) is 5.02 Å². The summed E-state index contributed by atoms with van der Waals surface area (Å²) in [5.41, 5.74) is 3.38. The Labute approximate surface area is 265 Å². The highest BCUT2D eigenvalue weighted by Crippen LogP contribution is 2.34. The van der Waals surface area contributed by atoms with Gasteiger partial charge < -0.3 is 5.32 Å². The first-order valence-corrected chi connectivity index (χ1v) is 16.8. The van der Waals surface area contributed by atoms with Crippen LogP contribution in [0.1, 0.15) is 30.4 Å². The van der Waals surface area contributed by atoms with Gasteiger partial charge >= 0.3 is 6.18 Å². The highest BCUT2D eigenvalue weighted by Gasteiger charge is 2.44. The Bertz CT molecular complexity index is 1840. The van der Waals surface area contributed by atoms with Gasteiger partial charge in [-0.05, 0) is 83.3 Å². The average Bonchev–Trinajstić information content (AvgIpc) is 3.39. The number of anilines is 1. The lowest BCUT2D eigenvalue weighted by molar-refractivity contribution is -0.175. The molecule has 44 heavy (non-hydrogen) atoms. The summed E-state index contributed by atoms with van der Waals surface area (Å²) in [4.78, 5) is 16.6. The number of carbonyl (C=O) groups is 1. The maximum absolute atomic E-state index is 13.5. The van der Waals surface area contributed by atoms with Crippen molar-refractivity contribution in [1.82, 2.24) is 18.9 Å². The minimum atomic E-state index is -4.90. The van der Waals surface area contributed by atoms with Crippen molar-refractivity contribution in [3.8, 4) is 11.3 Å². The molecule has 2 aromatic heterocycles. The monoisotopic (exact) mass is 709 g/mol. The van der Waals surface area contributed by atoms with E-state index in [1.165, 1.54) is 16.4 Å². The summed E-state index contributed by atoms with van der Waals surface area (Å²) in [6, 6.07) is 14.0. The molecule has 0 radical (unpaired) electrons. The van der Waals surface area contributed by atoms with Crippen molar-refractivity contribution in [2.24, 2.45) is 11.8 Å². The normalized spacial score (nSPS) is 18.3. The summed E-state index contributed by atoms with van der Waals surface area (Å²) in [5, 5.41) is 8.47. The van der Waals surface area contributed by atoms with Gasteiger partial charge in [0, 0.05) is 42.2 Å². The van der Waals surface area contributed by atoms with Crippen LogP contribution < -0.4 is 5.32 Å². The maximum atomic E-state index is 13.5. The molecule has 2 aliphatic rings. The van der Waals surface area contributed by atoms with Crippen molar-refractivity contribution in [2.45, 2.75) is 43.2 Å².